The van der Waals surface area contributed by atoms with Crippen LogP contribution >= 0.6 is 22.9 Å². The van der Waals surface area contributed by atoms with Crippen LogP contribution in [-0.2, 0) is 21.4 Å². The molecule has 7 nitrogen and oxygen atoms in total. The molecule has 1 saturated heterocycles. The molecule has 3 heterocycles. The number of carbonyl (C=O) groups excluding carboxylic acids is 1. The zero-order valence-electron chi connectivity index (χ0n) is 18.3. The Morgan fingerprint density at radius 2 is 1.97 bits per heavy atom. The molecule has 0 bridgehead atoms. The first-order valence-electron chi connectivity index (χ1n) is 10.9. The number of aromatic nitrogens is 2. The highest BCUT2D eigenvalue weighted by Gasteiger charge is 2.42. The molecule has 35 heavy (non-hydrogen) atoms. The number of hydrogen-bond acceptors (Lipinski definition) is 6. The number of nitrogens with zero attached hydrogens (tertiary/aromatic N) is 4. The van der Waals surface area contributed by atoms with E-state index in [-0.39, 0.29) is 23.9 Å². The summed E-state index contributed by atoms with van der Waals surface area (Å²) in [5.74, 6) is -0.917. The van der Waals surface area contributed by atoms with E-state index in [1.807, 2.05) is 6.07 Å². The molecule has 0 saturated carbocycles. The molecule has 1 unspecified atom stereocenters. The quantitative estimate of drug-likeness (QED) is 0.355. The van der Waals surface area contributed by atoms with Crippen molar-refractivity contribution in [3.8, 4) is 0 Å². The topological polar surface area (TPSA) is 83.5 Å². The van der Waals surface area contributed by atoms with Gasteiger partial charge in [0.05, 0.1) is 27.4 Å². The predicted molar refractivity (Wildman–Crippen MR) is 133 cm³/mol. The lowest BCUT2D eigenvalue weighted by Gasteiger charge is -2.28. The van der Waals surface area contributed by atoms with Crippen molar-refractivity contribution in [3.05, 3.63) is 83.4 Å². The van der Waals surface area contributed by atoms with Gasteiger partial charge in [-0.05, 0) is 67.4 Å². The molecule has 1 amide bonds. The van der Waals surface area contributed by atoms with E-state index in [2.05, 4.69) is 9.97 Å². The molecule has 0 aliphatic carbocycles. The van der Waals surface area contributed by atoms with E-state index >= 15 is 0 Å². The van der Waals surface area contributed by atoms with Crippen LogP contribution in [-0.4, -0.2) is 41.2 Å². The van der Waals surface area contributed by atoms with Gasteiger partial charge >= 0.3 is 0 Å². The van der Waals surface area contributed by atoms with Crippen molar-refractivity contribution in [2.75, 3.05) is 11.4 Å². The lowest BCUT2D eigenvalue weighted by Crippen LogP contribution is -2.47. The molecule has 5 rings (SSSR count). The van der Waals surface area contributed by atoms with Gasteiger partial charge in [0.15, 0.2) is 5.13 Å². The number of benzene rings is 2. The first-order chi connectivity index (χ1) is 16.8. The third-order valence-electron chi connectivity index (χ3n) is 5.79. The van der Waals surface area contributed by atoms with Crippen LogP contribution in [0.1, 0.15) is 18.5 Å². The minimum Gasteiger partial charge on any atom is -0.281 e. The molecule has 1 fully saturated rings. The third-order valence-corrected chi connectivity index (χ3v) is 8.99. The van der Waals surface area contributed by atoms with Gasteiger partial charge in [-0.3, -0.25) is 14.7 Å². The summed E-state index contributed by atoms with van der Waals surface area (Å²) in [5, 5.41) is 0.992. The average molecular weight is 531 g/mol. The summed E-state index contributed by atoms with van der Waals surface area (Å²) in [4.78, 5) is 24.3. The van der Waals surface area contributed by atoms with Crippen molar-refractivity contribution in [2.24, 2.45) is 0 Å². The zero-order chi connectivity index (χ0) is 24.6. The summed E-state index contributed by atoms with van der Waals surface area (Å²) in [7, 11) is -4.00. The third kappa shape index (κ3) is 4.79. The molecule has 0 N–H and O–H groups in total. The first-order valence-corrected chi connectivity index (χ1v) is 13.5. The molecule has 1 aliphatic heterocycles. The van der Waals surface area contributed by atoms with Gasteiger partial charge < -0.3 is 0 Å². The number of thiazole rings is 1. The van der Waals surface area contributed by atoms with E-state index in [0.29, 0.717) is 34.2 Å². The summed E-state index contributed by atoms with van der Waals surface area (Å²) in [6.07, 6.45) is 2.54. The fourth-order valence-corrected chi connectivity index (χ4v) is 6.99. The van der Waals surface area contributed by atoms with Crippen molar-refractivity contribution in [1.82, 2.24) is 14.3 Å². The Bertz CT molecular complexity index is 1480. The van der Waals surface area contributed by atoms with Crippen molar-refractivity contribution >= 4 is 54.2 Å². The Morgan fingerprint density at radius 3 is 2.71 bits per heavy atom. The van der Waals surface area contributed by atoms with Gasteiger partial charge in [-0.1, -0.05) is 29.0 Å². The van der Waals surface area contributed by atoms with Crippen LogP contribution in [0.4, 0.5) is 9.52 Å². The second kappa shape index (κ2) is 9.62. The number of hydrogen-bond donors (Lipinski definition) is 0. The molecule has 1 atom stereocenters. The Balaban J connectivity index is 1.52. The van der Waals surface area contributed by atoms with Crippen LogP contribution in [0.5, 0.6) is 0 Å². The van der Waals surface area contributed by atoms with Gasteiger partial charge in [0.2, 0.25) is 15.9 Å². The van der Waals surface area contributed by atoms with E-state index in [4.69, 9.17) is 11.6 Å². The molecule has 4 aromatic rings. The highest BCUT2D eigenvalue weighted by molar-refractivity contribution is 7.89. The molecule has 0 radical (unpaired) electrons. The van der Waals surface area contributed by atoms with Crippen LogP contribution in [0.25, 0.3) is 10.2 Å². The fourth-order valence-electron chi connectivity index (χ4n) is 4.09. The predicted octanol–water partition coefficient (Wildman–Crippen LogP) is 4.87. The number of fused-ring (bicyclic) bond motifs is 1. The number of rotatable bonds is 6. The van der Waals surface area contributed by atoms with E-state index in [0.717, 1.165) is 16.8 Å². The van der Waals surface area contributed by atoms with E-state index < -0.39 is 21.9 Å². The molecule has 0 spiro atoms. The molecule has 2 aromatic carbocycles. The second-order valence-electron chi connectivity index (χ2n) is 8.08. The molecule has 2 aromatic heterocycles. The largest absolute Gasteiger partial charge is 0.281 e. The Kier molecular flexibility index (Phi) is 6.54. The minimum atomic E-state index is -4.00. The highest BCUT2D eigenvalue weighted by atomic mass is 35.5. The normalized spacial score (nSPS) is 16.6. The van der Waals surface area contributed by atoms with Gasteiger partial charge in [0.25, 0.3) is 0 Å². The maximum absolute atomic E-state index is 13.9. The molecule has 180 valence electrons. The zero-order valence-corrected chi connectivity index (χ0v) is 20.7. The van der Waals surface area contributed by atoms with Gasteiger partial charge in [-0.15, -0.1) is 0 Å². The second-order valence-corrected chi connectivity index (χ2v) is 11.4. The van der Waals surface area contributed by atoms with Crippen LogP contribution in [0, 0.1) is 5.82 Å². The molecular formula is C24H20ClFN4O3S2. The Morgan fingerprint density at radius 1 is 1.17 bits per heavy atom. The fraction of sp³-hybridized carbons (Fsp3) is 0.208. The van der Waals surface area contributed by atoms with Crippen LogP contribution < -0.4 is 4.90 Å². The number of pyridine rings is 1. The minimum absolute atomic E-state index is 0.0514. The summed E-state index contributed by atoms with van der Waals surface area (Å²) in [6.45, 7) is 0.331. The van der Waals surface area contributed by atoms with Crippen molar-refractivity contribution in [3.63, 3.8) is 0 Å². The molecular weight excluding hydrogens is 511 g/mol. The maximum atomic E-state index is 13.9. The lowest BCUT2D eigenvalue weighted by atomic mass is 10.2. The number of halogens is 2. The summed E-state index contributed by atoms with van der Waals surface area (Å²) < 4.78 is 42.1. The van der Waals surface area contributed by atoms with Crippen LogP contribution in [0.15, 0.2) is 71.8 Å². The summed E-state index contributed by atoms with van der Waals surface area (Å²) in [6, 6.07) is 14.4. The highest BCUT2D eigenvalue weighted by Crippen LogP contribution is 2.34. The summed E-state index contributed by atoms with van der Waals surface area (Å²) in [5.41, 5.74) is 1.33. The number of anilines is 1. The van der Waals surface area contributed by atoms with E-state index in [1.165, 1.54) is 32.7 Å². The number of carbonyl (C=O) groups is 1. The van der Waals surface area contributed by atoms with Crippen molar-refractivity contribution < 1.29 is 17.6 Å². The average Bonchev–Trinajstić information content (AvgIpc) is 3.50. The molecule has 1 aliphatic rings. The van der Waals surface area contributed by atoms with E-state index in [9.17, 15) is 17.6 Å². The van der Waals surface area contributed by atoms with Crippen LogP contribution in [0.2, 0.25) is 5.02 Å². The maximum Gasteiger partial charge on any atom is 0.247 e. The van der Waals surface area contributed by atoms with E-state index in [1.54, 1.807) is 36.5 Å². The van der Waals surface area contributed by atoms with Crippen LogP contribution in [0.3, 0.4) is 0 Å². The smallest absolute Gasteiger partial charge is 0.247 e. The van der Waals surface area contributed by atoms with Crippen molar-refractivity contribution in [1.29, 1.82) is 0 Å². The standard InChI is InChI=1S/C24H20ClFN4O3S2/c25-16-6-11-20-22(14-16)34-24(28-20)29(15-18-4-1-2-12-27-18)23(31)21-5-3-13-30(21)35(32,33)19-9-7-17(26)8-10-19/h1-2,4,6-12,14,21H,3,5,13,15H2. The summed E-state index contributed by atoms with van der Waals surface area (Å²) >= 11 is 7.44. The SMILES string of the molecule is O=C(C1CCCN1S(=O)(=O)c1ccc(F)cc1)N(Cc1ccccn1)c1nc2ccc(Cl)cc2s1. The van der Waals surface area contributed by atoms with Crippen molar-refractivity contribution in [2.45, 2.75) is 30.3 Å². The Hall–Kier alpha value is -2.92. The van der Waals surface area contributed by atoms with Gasteiger partial charge in [0.1, 0.15) is 11.9 Å². The lowest BCUT2D eigenvalue weighted by molar-refractivity contribution is -0.121. The molecule has 11 heteroatoms. The van der Waals surface area contributed by atoms with Gasteiger partial charge in [0, 0.05) is 17.8 Å². The number of amides is 1. The number of sulfonamides is 1. The van der Waals surface area contributed by atoms with Gasteiger partial charge in [-0.25, -0.2) is 17.8 Å². The van der Waals surface area contributed by atoms with Gasteiger partial charge in [-0.2, -0.15) is 4.31 Å². The Labute approximate surface area is 210 Å². The monoisotopic (exact) mass is 530 g/mol. The first kappa shape index (κ1) is 23.8.